The lowest BCUT2D eigenvalue weighted by atomic mass is 9.95. The van der Waals surface area contributed by atoms with Crippen LogP contribution in [0.25, 0.3) is 0 Å². The van der Waals surface area contributed by atoms with Gasteiger partial charge in [-0.15, -0.1) is 6.58 Å². The van der Waals surface area contributed by atoms with Gasteiger partial charge in [0.1, 0.15) is 12.2 Å². The summed E-state index contributed by atoms with van der Waals surface area (Å²) in [4.78, 5) is 24.3. The Morgan fingerprint density at radius 1 is 0.771 bits per heavy atom. The third-order valence-electron chi connectivity index (χ3n) is 5.70. The average Bonchev–Trinajstić information content (AvgIpc) is 2.86. The molecule has 0 radical (unpaired) electrons. The van der Waals surface area contributed by atoms with Crippen molar-refractivity contribution in [2.75, 3.05) is 0 Å². The number of carbonyl (C=O) groups is 2. The molecule has 0 saturated carbocycles. The molecule has 2 atom stereocenters. The summed E-state index contributed by atoms with van der Waals surface area (Å²) < 4.78 is 11.1. The van der Waals surface area contributed by atoms with Gasteiger partial charge >= 0.3 is 11.9 Å². The minimum atomic E-state index is -0.363. The van der Waals surface area contributed by atoms with E-state index in [9.17, 15) is 9.59 Å². The van der Waals surface area contributed by atoms with Gasteiger partial charge in [0.15, 0.2) is 0 Å². The molecule has 2 aromatic rings. The summed E-state index contributed by atoms with van der Waals surface area (Å²) in [5.41, 5.74) is 1.04. The zero-order valence-corrected chi connectivity index (χ0v) is 22.1. The van der Waals surface area contributed by atoms with Crippen LogP contribution < -0.4 is 0 Å². The smallest absolute Gasteiger partial charge is 0.338 e. The van der Waals surface area contributed by atoms with Crippen molar-refractivity contribution in [3.05, 3.63) is 84.4 Å². The van der Waals surface area contributed by atoms with E-state index in [1.165, 1.54) is 32.1 Å². The lowest BCUT2D eigenvalue weighted by Gasteiger charge is -2.21. The Bertz CT molecular complexity index is 826. The molecule has 0 aliphatic carbocycles. The van der Waals surface area contributed by atoms with Crippen molar-refractivity contribution >= 4 is 11.9 Å². The van der Waals surface area contributed by atoms with E-state index in [2.05, 4.69) is 26.5 Å². The van der Waals surface area contributed by atoms with Crippen molar-refractivity contribution in [2.24, 2.45) is 5.92 Å². The first-order valence-corrected chi connectivity index (χ1v) is 13.1. The summed E-state index contributed by atoms with van der Waals surface area (Å²) in [6.07, 6.45) is 10.1. The molecular formula is C31H44O4. The van der Waals surface area contributed by atoms with Crippen molar-refractivity contribution in [3.63, 3.8) is 0 Å². The molecule has 4 nitrogen and oxygen atoms in total. The summed E-state index contributed by atoms with van der Waals surface area (Å²) in [5.74, 6) is 0.200. The number of ether oxygens (including phenoxy) is 2. The van der Waals surface area contributed by atoms with E-state index in [4.69, 9.17) is 9.47 Å². The molecule has 0 aromatic heterocycles. The van der Waals surface area contributed by atoms with Crippen LogP contribution in [0.15, 0.2) is 73.3 Å². The fourth-order valence-corrected chi connectivity index (χ4v) is 4.02. The summed E-state index contributed by atoms with van der Waals surface area (Å²) in [6.45, 7) is 12.1. The second kappa shape index (κ2) is 18.4. The van der Waals surface area contributed by atoms with Gasteiger partial charge in [0.05, 0.1) is 11.1 Å². The van der Waals surface area contributed by atoms with Crippen molar-refractivity contribution in [2.45, 2.75) is 91.3 Å². The van der Waals surface area contributed by atoms with E-state index >= 15 is 0 Å². The van der Waals surface area contributed by atoms with Crippen LogP contribution in [-0.4, -0.2) is 24.1 Å². The highest BCUT2D eigenvalue weighted by Gasteiger charge is 2.21. The predicted octanol–water partition coefficient (Wildman–Crippen LogP) is 8.43. The highest BCUT2D eigenvalue weighted by Crippen LogP contribution is 2.17. The quantitative estimate of drug-likeness (QED) is 0.201. The predicted molar refractivity (Wildman–Crippen MR) is 145 cm³/mol. The van der Waals surface area contributed by atoms with Gasteiger partial charge in [0, 0.05) is 6.42 Å². The largest absolute Gasteiger partial charge is 0.459 e. The van der Waals surface area contributed by atoms with E-state index in [-0.39, 0.29) is 24.1 Å². The molecule has 0 N–H and O–H groups in total. The molecule has 0 heterocycles. The SMILES string of the molecule is C=CCC(CCC)CCC.CCCC(CC(C)OC(=O)c1ccccc1)OC(=O)c1ccccc1. The Morgan fingerprint density at radius 3 is 1.66 bits per heavy atom. The fourth-order valence-electron chi connectivity index (χ4n) is 4.02. The summed E-state index contributed by atoms with van der Waals surface area (Å²) in [5, 5.41) is 0. The van der Waals surface area contributed by atoms with Crippen LogP contribution in [0.2, 0.25) is 0 Å². The second-order valence-electron chi connectivity index (χ2n) is 8.97. The molecule has 0 amide bonds. The molecule has 2 aromatic carbocycles. The van der Waals surface area contributed by atoms with Crippen molar-refractivity contribution < 1.29 is 19.1 Å². The minimum Gasteiger partial charge on any atom is -0.459 e. The van der Waals surface area contributed by atoms with E-state index in [1.807, 2.05) is 26.0 Å². The topological polar surface area (TPSA) is 52.6 Å². The number of carbonyl (C=O) groups excluding carboxylic acids is 2. The van der Waals surface area contributed by atoms with Crippen LogP contribution in [0.5, 0.6) is 0 Å². The molecule has 0 bridgehead atoms. The third kappa shape index (κ3) is 13.0. The van der Waals surface area contributed by atoms with E-state index in [0.29, 0.717) is 17.5 Å². The number of esters is 2. The third-order valence-corrected chi connectivity index (χ3v) is 5.70. The van der Waals surface area contributed by atoms with Crippen molar-refractivity contribution in [1.29, 1.82) is 0 Å². The first-order valence-electron chi connectivity index (χ1n) is 13.1. The Labute approximate surface area is 212 Å². The van der Waals surface area contributed by atoms with E-state index in [1.54, 1.807) is 48.5 Å². The maximum atomic E-state index is 12.2. The molecule has 0 saturated heterocycles. The molecule has 0 aliphatic rings. The summed E-state index contributed by atoms with van der Waals surface area (Å²) >= 11 is 0. The zero-order chi connectivity index (χ0) is 25.9. The van der Waals surface area contributed by atoms with Crippen LogP contribution >= 0.6 is 0 Å². The molecule has 4 heteroatoms. The van der Waals surface area contributed by atoms with Crippen LogP contribution in [0.1, 0.15) is 99.8 Å². The Morgan fingerprint density at radius 2 is 1.23 bits per heavy atom. The highest BCUT2D eigenvalue weighted by atomic mass is 16.6. The van der Waals surface area contributed by atoms with Gasteiger partial charge in [0.2, 0.25) is 0 Å². The molecule has 0 aliphatic heterocycles. The fraction of sp³-hybridized carbons (Fsp3) is 0.484. The van der Waals surface area contributed by atoms with E-state index < -0.39 is 0 Å². The lowest BCUT2D eigenvalue weighted by molar-refractivity contribution is 0.00162. The lowest BCUT2D eigenvalue weighted by Crippen LogP contribution is -2.25. The number of hydrogen-bond acceptors (Lipinski definition) is 4. The van der Waals surface area contributed by atoms with Crippen molar-refractivity contribution in [1.82, 2.24) is 0 Å². The second-order valence-corrected chi connectivity index (χ2v) is 8.97. The van der Waals surface area contributed by atoms with Gasteiger partial charge < -0.3 is 9.47 Å². The Balaban J connectivity index is 0.000000518. The standard InChI is InChI=1S/C21H24O4.C10H20/c1-3-10-19(25-21(23)18-13-8-5-9-14-18)15-16(2)24-20(22)17-11-6-4-7-12-17;1-4-7-10(8-5-2)9-6-3/h4-9,11-14,16,19H,3,10,15H2,1-2H3;4,10H,1,5-9H2,2-3H3. The highest BCUT2D eigenvalue weighted by molar-refractivity contribution is 5.90. The first-order chi connectivity index (χ1) is 16.9. The van der Waals surface area contributed by atoms with Gasteiger partial charge in [-0.2, -0.15) is 0 Å². The molecule has 0 spiro atoms. The number of benzene rings is 2. The monoisotopic (exact) mass is 480 g/mol. The molecule has 0 fully saturated rings. The summed E-state index contributed by atoms with van der Waals surface area (Å²) in [6, 6.07) is 17.8. The molecular weight excluding hydrogens is 436 g/mol. The van der Waals surface area contributed by atoms with Crippen LogP contribution in [0.4, 0.5) is 0 Å². The van der Waals surface area contributed by atoms with Crippen molar-refractivity contribution in [3.8, 4) is 0 Å². The Hall–Kier alpha value is -2.88. The van der Waals surface area contributed by atoms with Gasteiger partial charge in [-0.1, -0.05) is 95.3 Å². The maximum Gasteiger partial charge on any atom is 0.338 e. The minimum absolute atomic E-state index is 0.281. The van der Waals surface area contributed by atoms with Crippen LogP contribution in [-0.2, 0) is 9.47 Å². The summed E-state index contributed by atoms with van der Waals surface area (Å²) in [7, 11) is 0. The number of hydrogen-bond donors (Lipinski definition) is 0. The first kappa shape index (κ1) is 30.2. The maximum absolute atomic E-state index is 12.2. The molecule has 35 heavy (non-hydrogen) atoms. The molecule has 192 valence electrons. The molecule has 2 rings (SSSR count). The normalized spacial score (nSPS) is 12.1. The van der Waals surface area contributed by atoms with Crippen LogP contribution in [0.3, 0.4) is 0 Å². The average molecular weight is 481 g/mol. The van der Waals surface area contributed by atoms with Crippen LogP contribution in [0, 0.1) is 5.92 Å². The van der Waals surface area contributed by atoms with E-state index in [0.717, 1.165) is 18.8 Å². The van der Waals surface area contributed by atoms with Gasteiger partial charge in [0.25, 0.3) is 0 Å². The number of allylic oxidation sites excluding steroid dienone is 1. The van der Waals surface area contributed by atoms with Gasteiger partial charge in [-0.25, -0.2) is 9.59 Å². The Kier molecular flexibility index (Phi) is 15.9. The van der Waals surface area contributed by atoms with Gasteiger partial charge in [-0.3, -0.25) is 0 Å². The number of rotatable bonds is 14. The molecule has 2 unspecified atom stereocenters. The zero-order valence-electron chi connectivity index (χ0n) is 22.1. The van der Waals surface area contributed by atoms with Gasteiger partial charge in [-0.05, 0) is 49.9 Å².